The Bertz CT molecular complexity index is 587. The third-order valence-corrected chi connectivity index (χ3v) is 3.43. The third kappa shape index (κ3) is 1.44. The Kier molecular flexibility index (Phi) is 2.18. The molecule has 17 heavy (non-hydrogen) atoms. The van der Waals surface area contributed by atoms with Crippen LogP contribution < -0.4 is 5.73 Å². The Morgan fingerprint density at radius 2 is 2.18 bits per heavy atom. The number of hydrogen-bond donors (Lipinski definition) is 1. The molecule has 1 heterocycles. The average molecular weight is 231 g/mol. The molecular formula is C13H14FN3. The van der Waals surface area contributed by atoms with Crippen molar-refractivity contribution in [3.8, 4) is 5.69 Å². The van der Waals surface area contributed by atoms with Gasteiger partial charge in [0.1, 0.15) is 11.6 Å². The number of anilines is 1. The van der Waals surface area contributed by atoms with Crippen LogP contribution in [-0.4, -0.2) is 9.78 Å². The fourth-order valence-electron chi connectivity index (χ4n) is 2.49. The summed E-state index contributed by atoms with van der Waals surface area (Å²) in [5.74, 6) is 0.379. The fourth-order valence-corrected chi connectivity index (χ4v) is 2.49. The van der Waals surface area contributed by atoms with E-state index in [1.807, 2.05) is 6.07 Å². The maximum atomic E-state index is 13.6. The number of aromatic nitrogens is 2. The number of nitrogens with two attached hydrogens (primary N) is 1. The molecule has 88 valence electrons. The normalized spacial score (nSPS) is 14.0. The first kappa shape index (κ1) is 10.3. The van der Waals surface area contributed by atoms with Gasteiger partial charge in [-0.2, -0.15) is 5.10 Å². The largest absolute Gasteiger partial charge is 0.382 e. The highest BCUT2D eigenvalue weighted by molar-refractivity contribution is 5.51. The Morgan fingerprint density at radius 1 is 1.35 bits per heavy atom. The molecule has 0 amide bonds. The first-order valence-electron chi connectivity index (χ1n) is 5.80. The van der Waals surface area contributed by atoms with Crippen LogP contribution in [0, 0.1) is 12.7 Å². The lowest BCUT2D eigenvalue weighted by molar-refractivity contribution is 0.614. The maximum absolute atomic E-state index is 13.6. The Morgan fingerprint density at radius 3 is 3.00 bits per heavy atom. The molecule has 0 unspecified atom stereocenters. The summed E-state index contributed by atoms with van der Waals surface area (Å²) < 4.78 is 15.4. The molecule has 1 aromatic carbocycles. The highest BCUT2D eigenvalue weighted by Gasteiger charge is 2.22. The van der Waals surface area contributed by atoms with Crippen molar-refractivity contribution in [1.29, 1.82) is 0 Å². The molecule has 1 aliphatic rings. The van der Waals surface area contributed by atoms with E-state index in [2.05, 4.69) is 5.10 Å². The van der Waals surface area contributed by atoms with Crippen molar-refractivity contribution in [3.05, 3.63) is 40.8 Å². The molecule has 0 bridgehead atoms. The number of rotatable bonds is 1. The predicted molar refractivity (Wildman–Crippen MR) is 64.7 cm³/mol. The zero-order valence-corrected chi connectivity index (χ0v) is 9.70. The maximum Gasteiger partial charge on any atom is 0.149 e. The van der Waals surface area contributed by atoms with Gasteiger partial charge >= 0.3 is 0 Å². The van der Waals surface area contributed by atoms with E-state index in [1.165, 1.54) is 6.07 Å². The molecule has 0 spiro atoms. The molecule has 1 aliphatic carbocycles. The van der Waals surface area contributed by atoms with Crippen LogP contribution in [0.25, 0.3) is 5.69 Å². The zero-order chi connectivity index (χ0) is 12.0. The lowest BCUT2D eigenvalue weighted by Crippen LogP contribution is -2.04. The fraction of sp³-hybridized carbons (Fsp3) is 0.308. The second kappa shape index (κ2) is 3.58. The van der Waals surface area contributed by atoms with Gasteiger partial charge in [-0.25, -0.2) is 9.07 Å². The molecule has 3 nitrogen and oxygen atoms in total. The van der Waals surface area contributed by atoms with Crippen molar-refractivity contribution in [2.75, 3.05) is 5.73 Å². The van der Waals surface area contributed by atoms with Crippen molar-refractivity contribution < 1.29 is 4.39 Å². The molecule has 4 heteroatoms. The Balaban J connectivity index is 2.23. The van der Waals surface area contributed by atoms with Crippen molar-refractivity contribution >= 4 is 5.82 Å². The van der Waals surface area contributed by atoms with Gasteiger partial charge in [-0.05, 0) is 38.3 Å². The molecule has 0 fully saturated rings. The van der Waals surface area contributed by atoms with Crippen LogP contribution in [0.2, 0.25) is 0 Å². The number of halogens is 1. The van der Waals surface area contributed by atoms with E-state index in [0.717, 1.165) is 36.2 Å². The van der Waals surface area contributed by atoms with Gasteiger partial charge in [0.25, 0.3) is 0 Å². The molecule has 2 N–H and O–H groups in total. The first-order chi connectivity index (χ1) is 8.18. The van der Waals surface area contributed by atoms with Gasteiger partial charge in [0, 0.05) is 16.8 Å². The van der Waals surface area contributed by atoms with E-state index in [0.29, 0.717) is 11.4 Å². The van der Waals surface area contributed by atoms with Crippen LogP contribution in [0.1, 0.15) is 23.2 Å². The van der Waals surface area contributed by atoms with Gasteiger partial charge in [0.15, 0.2) is 0 Å². The van der Waals surface area contributed by atoms with E-state index < -0.39 is 0 Å². The molecule has 0 aliphatic heterocycles. The summed E-state index contributed by atoms with van der Waals surface area (Å²) in [7, 11) is 0. The zero-order valence-electron chi connectivity index (χ0n) is 9.70. The third-order valence-electron chi connectivity index (χ3n) is 3.43. The van der Waals surface area contributed by atoms with Crippen LogP contribution in [0.15, 0.2) is 18.2 Å². The topological polar surface area (TPSA) is 43.8 Å². The molecular weight excluding hydrogens is 217 g/mol. The van der Waals surface area contributed by atoms with Gasteiger partial charge in [-0.3, -0.25) is 0 Å². The Hall–Kier alpha value is -1.84. The smallest absolute Gasteiger partial charge is 0.149 e. The van der Waals surface area contributed by atoms with Crippen LogP contribution in [0.5, 0.6) is 0 Å². The van der Waals surface area contributed by atoms with Crippen LogP contribution in [0.3, 0.4) is 0 Å². The van der Waals surface area contributed by atoms with E-state index in [9.17, 15) is 4.39 Å². The number of hydrogen-bond acceptors (Lipinski definition) is 2. The summed E-state index contributed by atoms with van der Waals surface area (Å²) in [6, 6.07) is 5.05. The van der Waals surface area contributed by atoms with E-state index in [1.54, 1.807) is 17.7 Å². The molecule has 2 aromatic rings. The standard InChI is InChI=1S/C13H14FN3/c1-8-10(14)5-3-6-11(8)17-12-7-2-4-9(12)13(15)16-17/h3,5-6H,2,4,7H2,1H3,(H2,15,16). The predicted octanol–water partition coefficient (Wildman–Crippen LogP) is 2.39. The summed E-state index contributed by atoms with van der Waals surface area (Å²) in [6.07, 6.45) is 3.05. The molecule has 0 saturated carbocycles. The van der Waals surface area contributed by atoms with Gasteiger partial charge < -0.3 is 5.73 Å². The molecule has 0 saturated heterocycles. The van der Waals surface area contributed by atoms with Crippen LogP contribution in [-0.2, 0) is 12.8 Å². The SMILES string of the molecule is Cc1c(F)cccc1-n1nc(N)c2c1CCC2. The van der Waals surface area contributed by atoms with Crippen LogP contribution >= 0.6 is 0 Å². The van der Waals surface area contributed by atoms with E-state index >= 15 is 0 Å². The second-order valence-corrected chi connectivity index (χ2v) is 4.46. The van der Waals surface area contributed by atoms with Crippen molar-refractivity contribution in [3.63, 3.8) is 0 Å². The van der Waals surface area contributed by atoms with Crippen LogP contribution in [0.4, 0.5) is 10.2 Å². The monoisotopic (exact) mass is 231 g/mol. The van der Waals surface area contributed by atoms with Gasteiger partial charge in [0.2, 0.25) is 0 Å². The highest BCUT2D eigenvalue weighted by atomic mass is 19.1. The van der Waals surface area contributed by atoms with Gasteiger partial charge in [0.05, 0.1) is 5.69 Å². The molecule has 3 rings (SSSR count). The van der Waals surface area contributed by atoms with Crippen molar-refractivity contribution in [2.45, 2.75) is 26.2 Å². The highest BCUT2D eigenvalue weighted by Crippen LogP contribution is 2.30. The minimum absolute atomic E-state index is 0.205. The first-order valence-corrected chi connectivity index (χ1v) is 5.80. The number of fused-ring (bicyclic) bond motifs is 1. The Labute approximate surface area is 99.1 Å². The van der Waals surface area contributed by atoms with Crippen molar-refractivity contribution in [1.82, 2.24) is 9.78 Å². The summed E-state index contributed by atoms with van der Waals surface area (Å²) in [5, 5.41) is 4.33. The second-order valence-electron chi connectivity index (χ2n) is 4.46. The molecule has 0 radical (unpaired) electrons. The van der Waals surface area contributed by atoms with E-state index in [4.69, 9.17) is 5.73 Å². The number of nitrogen functional groups attached to an aromatic ring is 1. The van der Waals surface area contributed by atoms with Gasteiger partial charge in [-0.1, -0.05) is 6.07 Å². The summed E-state index contributed by atoms with van der Waals surface area (Å²) in [4.78, 5) is 0. The van der Waals surface area contributed by atoms with E-state index in [-0.39, 0.29) is 5.82 Å². The number of benzene rings is 1. The molecule has 1 aromatic heterocycles. The quantitative estimate of drug-likeness (QED) is 0.819. The lowest BCUT2D eigenvalue weighted by atomic mass is 10.2. The number of nitrogens with zero attached hydrogens (tertiary/aromatic N) is 2. The summed E-state index contributed by atoms with van der Waals surface area (Å²) >= 11 is 0. The summed E-state index contributed by atoms with van der Waals surface area (Å²) in [6.45, 7) is 1.77. The average Bonchev–Trinajstić information content (AvgIpc) is 2.87. The molecule has 0 atom stereocenters. The lowest BCUT2D eigenvalue weighted by Gasteiger charge is -2.09. The minimum Gasteiger partial charge on any atom is -0.382 e. The minimum atomic E-state index is -0.205. The summed E-state index contributed by atoms with van der Waals surface area (Å²) in [5.41, 5.74) is 9.57. The van der Waals surface area contributed by atoms with Crippen molar-refractivity contribution in [2.24, 2.45) is 0 Å². The van der Waals surface area contributed by atoms with Gasteiger partial charge in [-0.15, -0.1) is 0 Å².